The molecule has 206 valence electrons. The van der Waals surface area contributed by atoms with Gasteiger partial charge in [-0.1, -0.05) is 12.2 Å². The van der Waals surface area contributed by atoms with E-state index in [4.69, 9.17) is 24.3 Å². The number of aliphatic hydroxyl groups is 2. The van der Waals surface area contributed by atoms with Gasteiger partial charge in [0.2, 0.25) is 0 Å². The molecule has 2 aliphatic heterocycles. The fourth-order valence-electron chi connectivity index (χ4n) is 4.43. The van der Waals surface area contributed by atoms with Gasteiger partial charge < -0.3 is 25.4 Å². The van der Waals surface area contributed by atoms with Crippen LogP contribution in [-0.2, 0) is 23.1 Å². The zero-order chi connectivity index (χ0) is 27.2. The largest absolute Gasteiger partial charge is 0.394 e. The van der Waals surface area contributed by atoms with Crippen molar-refractivity contribution in [2.24, 2.45) is 0 Å². The third-order valence-corrected chi connectivity index (χ3v) is 8.03. The predicted octanol–water partition coefficient (Wildman–Crippen LogP) is -0.365. The first-order chi connectivity index (χ1) is 18.1. The highest BCUT2D eigenvalue weighted by molar-refractivity contribution is 8.44. The van der Waals surface area contributed by atoms with Gasteiger partial charge in [0.15, 0.2) is 11.5 Å². The van der Waals surface area contributed by atoms with Crippen LogP contribution in [0.4, 0.5) is 5.82 Å². The van der Waals surface area contributed by atoms with Crippen LogP contribution >= 0.6 is 19.0 Å². The molecule has 18 heteroatoms. The number of aromatic nitrogens is 6. The monoisotopic (exact) mass is 571 g/mol. The summed E-state index contributed by atoms with van der Waals surface area (Å²) in [5.74, 6) is 0.209. The van der Waals surface area contributed by atoms with E-state index in [1.807, 2.05) is 0 Å². The number of H-pyrrole nitrogens is 1. The van der Waals surface area contributed by atoms with Crippen LogP contribution < -0.4 is 17.0 Å². The molecule has 0 spiro atoms. The number of hydrogen-bond acceptors (Lipinski definition) is 13. The SMILES string of the molecule is Cc1cn([C@H]2CC(OP(=O)(S)OC[C@H]3O[C@@H](n4cnc5c(N)ncnc54)CC3O)[C@@H](CO)O2)c(=O)[nH]c1=O. The Morgan fingerprint density at radius 2 is 1.95 bits per heavy atom. The smallest absolute Gasteiger partial charge is 0.386 e. The molecule has 3 unspecified atom stereocenters. The minimum atomic E-state index is -4.03. The van der Waals surface area contributed by atoms with Gasteiger partial charge in [-0.05, 0) is 6.92 Å². The van der Waals surface area contributed by atoms with Crippen LogP contribution in [0.1, 0.15) is 30.9 Å². The molecule has 5 N–H and O–H groups in total. The molecule has 38 heavy (non-hydrogen) atoms. The van der Waals surface area contributed by atoms with Crippen molar-refractivity contribution in [3.8, 4) is 0 Å². The Morgan fingerprint density at radius 1 is 1.21 bits per heavy atom. The molecular formula is C20H26N7O9PS. The summed E-state index contributed by atoms with van der Waals surface area (Å²) < 4.78 is 38.3. The van der Waals surface area contributed by atoms with Crippen molar-refractivity contribution < 1.29 is 33.3 Å². The molecule has 16 nitrogen and oxygen atoms in total. The number of fused-ring (bicyclic) bond motifs is 1. The lowest BCUT2D eigenvalue weighted by Gasteiger charge is -2.22. The van der Waals surface area contributed by atoms with Gasteiger partial charge in [-0.2, -0.15) is 0 Å². The van der Waals surface area contributed by atoms with Gasteiger partial charge in [-0.25, -0.2) is 24.3 Å². The first kappa shape index (κ1) is 27.0. The van der Waals surface area contributed by atoms with E-state index in [0.717, 1.165) is 4.57 Å². The second-order valence-corrected chi connectivity index (χ2v) is 11.8. The van der Waals surface area contributed by atoms with E-state index in [1.54, 1.807) is 4.57 Å². The highest BCUT2D eigenvalue weighted by Crippen LogP contribution is 2.56. The van der Waals surface area contributed by atoms with Crippen LogP contribution in [0.2, 0.25) is 0 Å². The van der Waals surface area contributed by atoms with E-state index in [0.29, 0.717) is 11.2 Å². The second-order valence-electron chi connectivity index (χ2n) is 8.95. The van der Waals surface area contributed by atoms with Crippen LogP contribution in [-0.4, -0.2) is 76.9 Å². The summed E-state index contributed by atoms with van der Waals surface area (Å²) in [6, 6.07) is 0. The Hall–Kier alpha value is -2.63. The van der Waals surface area contributed by atoms with Crippen molar-refractivity contribution >= 4 is 36.0 Å². The number of nitrogens with one attached hydrogen (secondary N) is 1. The van der Waals surface area contributed by atoms with Gasteiger partial charge in [-0.15, -0.1) is 0 Å². The summed E-state index contributed by atoms with van der Waals surface area (Å²) in [6.45, 7) is -3.32. The van der Waals surface area contributed by atoms with Crippen molar-refractivity contribution in [2.45, 2.75) is 56.6 Å². The van der Waals surface area contributed by atoms with Crippen LogP contribution in [0.3, 0.4) is 0 Å². The number of thiol groups is 1. The standard InChI is InChI=1S/C20H26N7O9PS/c1-9-4-26(20(31)25-19(9)30)15-3-11(12(5-28)34-15)36-37(32,38)33-6-13-10(29)2-14(35-13)27-8-24-16-17(21)22-7-23-18(16)27/h4,7-8,10-15,28-29H,2-3,5-6H2,1H3,(H,32,38)(H2,21,22,23)(H,25,30,31)/t10?,11?,12-,13-,14-,15-,37?/m1/s1. The molecule has 2 aliphatic rings. The topological polar surface area (TPSA) is 219 Å². The Bertz CT molecular complexity index is 1500. The molecule has 3 aromatic rings. The summed E-state index contributed by atoms with van der Waals surface area (Å²) in [4.78, 5) is 38.3. The highest BCUT2D eigenvalue weighted by atomic mass is 32.7. The summed E-state index contributed by atoms with van der Waals surface area (Å²) in [5.41, 5.74) is 5.71. The molecular weight excluding hydrogens is 545 g/mol. The molecule has 0 saturated carbocycles. The third-order valence-electron chi connectivity index (χ3n) is 6.39. The number of aromatic amines is 1. The lowest BCUT2D eigenvalue weighted by atomic mass is 10.2. The van der Waals surface area contributed by atoms with Crippen molar-refractivity contribution in [1.29, 1.82) is 0 Å². The molecule has 5 heterocycles. The van der Waals surface area contributed by atoms with Gasteiger partial charge in [-0.3, -0.25) is 28.0 Å². The van der Waals surface area contributed by atoms with Gasteiger partial charge >= 0.3 is 12.5 Å². The van der Waals surface area contributed by atoms with Gasteiger partial charge in [0.05, 0.1) is 25.6 Å². The molecule has 7 atom stereocenters. The van der Waals surface area contributed by atoms with E-state index in [1.165, 1.54) is 25.8 Å². The summed E-state index contributed by atoms with van der Waals surface area (Å²) >= 11 is 4.03. The molecule has 0 amide bonds. The summed E-state index contributed by atoms with van der Waals surface area (Å²) in [7, 11) is 0. The number of hydrogen-bond donors (Lipinski definition) is 5. The lowest BCUT2D eigenvalue weighted by Crippen LogP contribution is -2.33. The molecule has 0 aromatic carbocycles. The van der Waals surface area contributed by atoms with Crippen molar-refractivity contribution in [2.75, 3.05) is 18.9 Å². The third kappa shape index (κ3) is 5.28. The number of rotatable bonds is 8. The Labute approximate surface area is 219 Å². The summed E-state index contributed by atoms with van der Waals surface area (Å²) in [6.07, 6.45) is -0.953. The average Bonchev–Trinajstić information content (AvgIpc) is 3.57. The maximum absolute atomic E-state index is 13.0. The molecule has 0 aliphatic carbocycles. The zero-order valence-electron chi connectivity index (χ0n) is 20.0. The molecule has 0 bridgehead atoms. The van der Waals surface area contributed by atoms with Crippen LogP contribution in [0.5, 0.6) is 0 Å². The average molecular weight is 572 g/mol. The molecule has 5 rings (SSSR count). The fraction of sp³-hybridized carbons (Fsp3) is 0.550. The molecule has 2 saturated heterocycles. The quantitative estimate of drug-likeness (QED) is 0.172. The van der Waals surface area contributed by atoms with E-state index in [9.17, 15) is 24.4 Å². The van der Waals surface area contributed by atoms with Crippen LogP contribution in [0.15, 0.2) is 28.4 Å². The fourth-order valence-corrected chi connectivity index (χ4v) is 5.96. The zero-order valence-corrected chi connectivity index (χ0v) is 21.8. The Morgan fingerprint density at radius 3 is 2.71 bits per heavy atom. The second kappa shape index (κ2) is 10.5. The van der Waals surface area contributed by atoms with E-state index < -0.39 is 61.5 Å². The normalized spacial score (nSPS) is 29.2. The lowest BCUT2D eigenvalue weighted by molar-refractivity contribution is -0.0498. The maximum atomic E-state index is 13.0. The Kier molecular flexibility index (Phi) is 7.45. The maximum Gasteiger partial charge on any atom is 0.386 e. The Balaban J connectivity index is 1.22. The van der Waals surface area contributed by atoms with Gasteiger partial charge in [0, 0.05) is 24.6 Å². The molecule has 3 aromatic heterocycles. The number of ether oxygens (including phenoxy) is 2. The van der Waals surface area contributed by atoms with Crippen molar-refractivity contribution in [3.63, 3.8) is 0 Å². The van der Waals surface area contributed by atoms with Crippen LogP contribution in [0.25, 0.3) is 11.2 Å². The van der Waals surface area contributed by atoms with Gasteiger partial charge in [0.25, 0.3) is 5.56 Å². The number of imidazole rings is 1. The molecule has 0 radical (unpaired) electrons. The van der Waals surface area contributed by atoms with E-state index in [2.05, 4.69) is 32.2 Å². The first-order valence-electron chi connectivity index (χ1n) is 11.6. The highest BCUT2D eigenvalue weighted by Gasteiger charge is 2.42. The predicted molar refractivity (Wildman–Crippen MR) is 133 cm³/mol. The number of aryl methyl sites for hydroxylation is 1. The number of anilines is 1. The van der Waals surface area contributed by atoms with E-state index >= 15 is 0 Å². The number of aliphatic hydroxyl groups excluding tert-OH is 2. The number of nitrogens with zero attached hydrogens (tertiary/aromatic N) is 5. The first-order valence-corrected chi connectivity index (χ1v) is 14.3. The number of nitrogen functional groups attached to an aromatic ring is 1. The van der Waals surface area contributed by atoms with E-state index in [-0.39, 0.29) is 30.8 Å². The molecule has 2 fully saturated rings. The van der Waals surface area contributed by atoms with Gasteiger partial charge in [0.1, 0.15) is 42.6 Å². The van der Waals surface area contributed by atoms with Crippen LogP contribution in [0, 0.1) is 6.92 Å². The number of nitrogens with two attached hydrogens (primary N) is 1. The minimum absolute atomic E-state index is 0.0217. The summed E-state index contributed by atoms with van der Waals surface area (Å²) in [5, 5.41) is 20.2. The minimum Gasteiger partial charge on any atom is -0.394 e. The van der Waals surface area contributed by atoms with Crippen molar-refractivity contribution in [3.05, 3.63) is 45.3 Å². The van der Waals surface area contributed by atoms with Crippen molar-refractivity contribution in [1.82, 2.24) is 29.1 Å².